The van der Waals surface area contributed by atoms with Gasteiger partial charge in [-0.15, -0.1) is 11.8 Å². The minimum atomic E-state index is -1.09. The molecule has 2 aliphatic heterocycles. The van der Waals surface area contributed by atoms with Gasteiger partial charge >= 0.3 is 11.9 Å². The van der Waals surface area contributed by atoms with Crippen molar-refractivity contribution in [2.75, 3.05) is 23.7 Å². The molecule has 0 aromatic heterocycles. The van der Waals surface area contributed by atoms with Crippen LogP contribution in [0, 0.1) is 0 Å². The van der Waals surface area contributed by atoms with Gasteiger partial charge in [-0.2, -0.15) is 0 Å². The van der Waals surface area contributed by atoms with Crippen LogP contribution in [0.25, 0.3) is 6.08 Å². The van der Waals surface area contributed by atoms with Crippen LogP contribution in [0.15, 0.2) is 52.3 Å². The maximum absolute atomic E-state index is 12.5. The number of amides is 1. The Morgan fingerprint density at radius 3 is 2.57 bits per heavy atom. The van der Waals surface area contributed by atoms with Gasteiger partial charge in [0.05, 0.1) is 4.91 Å². The molecule has 2 heterocycles. The minimum Gasteiger partial charge on any atom is -0.481 e. The van der Waals surface area contributed by atoms with E-state index in [4.69, 9.17) is 22.4 Å². The smallest absolute Gasteiger partial charge is 0.323 e. The van der Waals surface area contributed by atoms with Crippen molar-refractivity contribution in [3.8, 4) is 0 Å². The van der Waals surface area contributed by atoms with Crippen LogP contribution in [-0.4, -0.2) is 56.1 Å². The second-order valence-electron chi connectivity index (χ2n) is 8.14. The van der Waals surface area contributed by atoms with Crippen molar-refractivity contribution >= 4 is 75.4 Å². The Balaban J connectivity index is 1.40. The van der Waals surface area contributed by atoms with Gasteiger partial charge < -0.3 is 15.1 Å². The van der Waals surface area contributed by atoms with Gasteiger partial charge in [-0.05, 0) is 78.6 Å². The van der Waals surface area contributed by atoms with Gasteiger partial charge in [0.25, 0.3) is 5.91 Å². The number of carboxylic acid groups (broad SMARTS) is 2. The quantitative estimate of drug-likeness (QED) is 0.191. The zero-order valence-electron chi connectivity index (χ0n) is 18.8. The molecule has 0 saturated carbocycles. The number of nitrogens with zero attached hydrogens (tertiary/aromatic N) is 2. The summed E-state index contributed by atoms with van der Waals surface area (Å²) in [6.45, 7) is 0.435. The van der Waals surface area contributed by atoms with Crippen LogP contribution >= 0.6 is 35.7 Å². The van der Waals surface area contributed by atoms with Crippen LogP contribution in [0.4, 0.5) is 11.4 Å². The van der Waals surface area contributed by atoms with E-state index in [-0.39, 0.29) is 16.6 Å². The van der Waals surface area contributed by atoms with Crippen molar-refractivity contribution in [3.63, 3.8) is 0 Å². The number of carboxylic acids is 2. The lowest BCUT2D eigenvalue weighted by atomic mass is 10.1. The van der Waals surface area contributed by atoms with Crippen molar-refractivity contribution < 1.29 is 24.6 Å². The number of fused-ring (bicyclic) bond motifs is 1. The number of anilines is 2. The van der Waals surface area contributed by atoms with Gasteiger partial charge in [0.1, 0.15) is 10.9 Å². The molecule has 2 aliphatic rings. The summed E-state index contributed by atoms with van der Waals surface area (Å²) in [5.74, 6) is -1.31. The molecule has 0 aliphatic carbocycles. The van der Waals surface area contributed by atoms with Gasteiger partial charge in [-0.25, -0.2) is 0 Å². The van der Waals surface area contributed by atoms with Crippen molar-refractivity contribution in [2.24, 2.45) is 0 Å². The Labute approximate surface area is 217 Å². The van der Waals surface area contributed by atoms with Gasteiger partial charge in [0.2, 0.25) is 0 Å². The Morgan fingerprint density at radius 2 is 1.86 bits per heavy atom. The molecule has 182 valence electrons. The van der Waals surface area contributed by atoms with Crippen molar-refractivity contribution in [1.82, 2.24) is 4.90 Å². The number of carbonyl (C=O) groups excluding carboxylic acids is 1. The molecular formula is C25H24N2O5S3. The van der Waals surface area contributed by atoms with E-state index >= 15 is 0 Å². The molecule has 0 atom stereocenters. The number of rotatable bonds is 10. The van der Waals surface area contributed by atoms with Crippen LogP contribution in [0.1, 0.15) is 30.4 Å². The van der Waals surface area contributed by atoms with Crippen LogP contribution < -0.4 is 4.90 Å². The van der Waals surface area contributed by atoms with Crippen molar-refractivity contribution in [2.45, 2.75) is 30.6 Å². The number of thioether (sulfide) groups is 2. The average Bonchev–Trinajstić information content (AvgIpc) is 3.35. The summed E-state index contributed by atoms with van der Waals surface area (Å²) in [6, 6.07) is 14.5. The number of hydrogen-bond donors (Lipinski definition) is 2. The third kappa shape index (κ3) is 6.25. The zero-order chi connectivity index (χ0) is 24.9. The van der Waals surface area contributed by atoms with E-state index in [0.29, 0.717) is 11.3 Å². The summed E-state index contributed by atoms with van der Waals surface area (Å²) >= 11 is 8.03. The summed E-state index contributed by atoms with van der Waals surface area (Å²) in [4.78, 5) is 39.1. The van der Waals surface area contributed by atoms with E-state index in [9.17, 15) is 14.4 Å². The van der Waals surface area contributed by atoms with E-state index < -0.39 is 18.5 Å². The molecule has 4 rings (SSSR count). The molecule has 35 heavy (non-hydrogen) atoms. The normalized spacial score (nSPS) is 16.3. The minimum absolute atomic E-state index is 0.221. The Bertz CT molecular complexity index is 1200. The summed E-state index contributed by atoms with van der Waals surface area (Å²) in [7, 11) is 0. The molecule has 1 amide bonds. The lowest BCUT2D eigenvalue weighted by Gasteiger charge is -2.20. The summed E-state index contributed by atoms with van der Waals surface area (Å²) < 4.78 is 0.262. The maximum Gasteiger partial charge on any atom is 0.323 e. The lowest BCUT2D eigenvalue weighted by Crippen LogP contribution is -2.33. The highest BCUT2D eigenvalue weighted by Gasteiger charge is 2.33. The molecule has 2 aromatic carbocycles. The molecule has 1 saturated heterocycles. The molecule has 10 heteroatoms. The highest BCUT2D eigenvalue weighted by atomic mass is 32.2. The fourth-order valence-electron chi connectivity index (χ4n) is 3.99. The number of unbranched alkanes of at least 4 members (excludes halogenated alkanes) is 1. The van der Waals surface area contributed by atoms with Crippen LogP contribution in [-0.2, 0) is 20.8 Å². The second-order valence-corrected chi connectivity index (χ2v) is 11.0. The largest absolute Gasteiger partial charge is 0.481 e. The third-order valence-electron chi connectivity index (χ3n) is 5.67. The molecular weight excluding hydrogens is 504 g/mol. The van der Waals surface area contributed by atoms with Crippen LogP contribution in [0.5, 0.6) is 0 Å². The Kier molecular flexibility index (Phi) is 8.15. The molecule has 0 spiro atoms. The van der Waals surface area contributed by atoms with Gasteiger partial charge in [0, 0.05) is 29.2 Å². The molecule has 1 fully saturated rings. The Hall–Kier alpha value is -2.82. The topological polar surface area (TPSA) is 98.2 Å². The Morgan fingerprint density at radius 1 is 1.09 bits per heavy atom. The van der Waals surface area contributed by atoms with Gasteiger partial charge in [-0.3, -0.25) is 19.3 Å². The first-order chi connectivity index (χ1) is 16.8. The summed E-state index contributed by atoms with van der Waals surface area (Å²) in [5.41, 5.74) is 4.32. The van der Waals surface area contributed by atoms with Gasteiger partial charge in [-0.1, -0.05) is 30.0 Å². The fraction of sp³-hybridized carbons (Fsp3) is 0.280. The number of aliphatic carboxylic acids is 2. The highest BCUT2D eigenvalue weighted by Crippen LogP contribution is 2.37. The van der Waals surface area contributed by atoms with E-state index in [0.717, 1.165) is 58.7 Å². The molecule has 2 aromatic rings. The summed E-state index contributed by atoms with van der Waals surface area (Å²) in [5, 5.41) is 17.7. The predicted octanol–water partition coefficient (Wildman–Crippen LogP) is 5.01. The predicted molar refractivity (Wildman–Crippen MR) is 143 cm³/mol. The lowest BCUT2D eigenvalue weighted by molar-refractivity contribution is -0.140. The number of benzene rings is 2. The number of hydrogen-bond acceptors (Lipinski definition) is 7. The molecule has 2 N–H and O–H groups in total. The molecule has 7 nitrogen and oxygen atoms in total. The number of carbonyl (C=O) groups is 3. The SMILES string of the molecule is O=C(O)CCCCSc1ccc(N2CCc3cc(/C=C4\SC(=S)N(CC(=O)O)C4=O)ccc32)cc1. The van der Waals surface area contributed by atoms with Crippen LogP contribution in [0.3, 0.4) is 0 Å². The maximum atomic E-state index is 12.5. The first-order valence-electron chi connectivity index (χ1n) is 11.1. The summed E-state index contributed by atoms with van der Waals surface area (Å²) in [6.07, 6.45) is 4.45. The zero-order valence-corrected chi connectivity index (χ0v) is 21.3. The first kappa shape index (κ1) is 25.3. The second kappa shape index (κ2) is 11.3. The first-order valence-corrected chi connectivity index (χ1v) is 13.3. The van der Waals surface area contributed by atoms with E-state index in [1.165, 1.54) is 10.5 Å². The van der Waals surface area contributed by atoms with E-state index in [2.05, 4.69) is 41.3 Å². The van der Waals surface area contributed by atoms with E-state index in [1.807, 2.05) is 6.07 Å². The number of thiocarbonyl (C=S) groups is 1. The highest BCUT2D eigenvalue weighted by molar-refractivity contribution is 8.26. The van der Waals surface area contributed by atoms with Gasteiger partial charge in [0.15, 0.2) is 0 Å². The fourth-order valence-corrected chi connectivity index (χ4v) is 6.16. The molecule has 0 unspecified atom stereocenters. The monoisotopic (exact) mass is 528 g/mol. The van der Waals surface area contributed by atoms with Crippen molar-refractivity contribution in [3.05, 3.63) is 58.5 Å². The van der Waals surface area contributed by atoms with Crippen LogP contribution in [0.2, 0.25) is 0 Å². The molecule has 0 radical (unpaired) electrons. The van der Waals surface area contributed by atoms with Crippen molar-refractivity contribution in [1.29, 1.82) is 0 Å². The standard InChI is InChI=1S/C25H24N2O5S3/c28-22(29)3-1-2-12-34-19-7-5-18(6-8-19)26-11-10-17-13-16(4-9-20(17)26)14-21-24(32)27(15-23(30)31)25(33)35-21/h4-9,13-14H,1-3,10-12,15H2,(H,28,29)(H,30,31)/b21-14-. The average molecular weight is 529 g/mol. The third-order valence-corrected chi connectivity index (χ3v) is 8.14. The van der Waals surface area contributed by atoms with E-state index in [1.54, 1.807) is 17.8 Å². The molecule has 0 bridgehead atoms.